The molecule has 0 aromatic heterocycles. The molecule has 7 heteroatoms. The van der Waals surface area contributed by atoms with Crippen LogP contribution in [0.3, 0.4) is 0 Å². The van der Waals surface area contributed by atoms with Gasteiger partial charge >= 0.3 is 0 Å². The van der Waals surface area contributed by atoms with Crippen molar-refractivity contribution in [3.8, 4) is 0 Å². The minimum atomic E-state index is -3.54. The number of non-ortho nitro benzene ring substituents is 1. The van der Waals surface area contributed by atoms with Crippen LogP contribution in [0.5, 0.6) is 0 Å². The molecule has 0 bridgehead atoms. The Balaban J connectivity index is 2.30. The molecule has 0 saturated carbocycles. The number of nitro groups is 1. The predicted octanol–water partition coefficient (Wildman–Crippen LogP) is 2.16. The van der Waals surface area contributed by atoms with E-state index in [4.69, 9.17) is 0 Å². The van der Waals surface area contributed by atoms with Crippen LogP contribution in [-0.2, 0) is 10.0 Å². The van der Waals surface area contributed by atoms with Gasteiger partial charge in [0.2, 0.25) is 10.0 Å². The van der Waals surface area contributed by atoms with Crippen LogP contribution in [0, 0.1) is 10.1 Å². The van der Waals surface area contributed by atoms with Gasteiger partial charge in [-0.2, -0.15) is 4.31 Å². The normalized spacial score (nSPS) is 21.2. The van der Waals surface area contributed by atoms with E-state index < -0.39 is 14.9 Å². The van der Waals surface area contributed by atoms with Gasteiger partial charge in [-0.1, -0.05) is 6.42 Å². The van der Waals surface area contributed by atoms with Gasteiger partial charge < -0.3 is 0 Å². The molecule has 0 N–H and O–H groups in total. The topological polar surface area (TPSA) is 80.5 Å². The zero-order valence-corrected chi connectivity index (χ0v) is 11.5. The Hall–Kier alpha value is -1.47. The van der Waals surface area contributed by atoms with Crippen molar-refractivity contribution < 1.29 is 13.3 Å². The Kier molecular flexibility index (Phi) is 3.86. The lowest BCUT2D eigenvalue weighted by molar-refractivity contribution is -0.384. The lowest BCUT2D eigenvalue weighted by Gasteiger charge is -2.32. The molecule has 1 fully saturated rings. The maximum Gasteiger partial charge on any atom is 0.269 e. The Labute approximate surface area is 112 Å². The highest BCUT2D eigenvalue weighted by Gasteiger charge is 2.31. The smallest absolute Gasteiger partial charge is 0.258 e. The standard InChI is InChI=1S/C12H16N2O4S/c1-10-4-2-3-9-13(10)19(17,18)12-7-5-11(6-8-12)14(15)16/h5-8,10H,2-4,9H2,1H3/t10-/m1/s1. The predicted molar refractivity (Wildman–Crippen MR) is 70.3 cm³/mol. The fourth-order valence-electron chi connectivity index (χ4n) is 2.30. The van der Waals surface area contributed by atoms with Crippen molar-refractivity contribution >= 4 is 15.7 Å². The van der Waals surface area contributed by atoms with Crippen LogP contribution in [0.25, 0.3) is 0 Å². The van der Waals surface area contributed by atoms with Crippen molar-refractivity contribution in [2.75, 3.05) is 6.54 Å². The van der Waals surface area contributed by atoms with E-state index in [1.165, 1.54) is 28.6 Å². The van der Waals surface area contributed by atoms with Gasteiger partial charge in [-0.25, -0.2) is 8.42 Å². The summed E-state index contributed by atoms with van der Waals surface area (Å²) in [5.74, 6) is 0. The van der Waals surface area contributed by atoms with E-state index in [1.807, 2.05) is 6.92 Å². The Morgan fingerprint density at radius 1 is 1.26 bits per heavy atom. The highest BCUT2D eigenvalue weighted by Crippen LogP contribution is 2.26. The fraction of sp³-hybridized carbons (Fsp3) is 0.500. The lowest BCUT2D eigenvalue weighted by atomic mass is 10.1. The third-order valence-corrected chi connectivity index (χ3v) is 5.42. The van der Waals surface area contributed by atoms with Gasteiger partial charge in [0.05, 0.1) is 9.82 Å². The second kappa shape index (κ2) is 5.26. The molecule has 0 amide bonds. The van der Waals surface area contributed by atoms with Crippen LogP contribution in [0.2, 0.25) is 0 Å². The first-order valence-corrected chi connectivity index (χ1v) is 7.63. The van der Waals surface area contributed by atoms with Crippen molar-refractivity contribution in [1.82, 2.24) is 4.31 Å². The Morgan fingerprint density at radius 2 is 1.89 bits per heavy atom. The van der Waals surface area contributed by atoms with Crippen molar-refractivity contribution in [3.05, 3.63) is 34.4 Å². The molecule has 0 spiro atoms. The molecular weight excluding hydrogens is 268 g/mol. The number of sulfonamides is 1. The fourth-order valence-corrected chi connectivity index (χ4v) is 4.00. The SMILES string of the molecule is C[C@@H]1CCCCN1S(=O)(=O)c1ccc([N+](=O)[O-])cc1. The van der Waals surface area contributed by atoms with Crippen LogP contribution in [0.4, 0.5) is 5.69 Å². The molecule has 1 aromatic carbocycles. The van der Waals surface area contributed by atoms with E-state index in [-0.39, 0.29) is 16.6 Å². The molecule has 19 heavy (non-hydrogen) atoms. The van der Waals surface area contributed by atoms with E-state index in [9.17, 15) is 18.5 Å². The summed E-state index contributed by atoms with van der Waals surface area (Å²) >= 11 is 0. The van der Waals surface area contributed by atoms with Crippen LogP contribution in [0.1, 0.15) is 26.2 Å². The van der Waals surface area contributed by atoms with E-state index in [2.05, 4.69) is 0 Å². The summed E-state index contributed by atoms with van der Waals surface area (Å²) in [6, 6.07) is 5.03. The first-order chi connectivity index (χ1) is 8.93. The highest BCUT2D eigenvalue weighted by molar-refractivity contribution is 7.89. The highest BCUT2D eigenvalue weighted by atomic mass is 32.2. The van der Waals surface area contributed by atoms with E-state index in [0.717, 1.165) is 19.3 Å². The van der Waals surface area contributed by atoms with Crippen molar-refractivity contribution in [2.45, 2.75) is 37.1 Å². The van der Waals surface area contributed by atoms with Gasteiger partial charge in [0.25, 0.3) is 5.69 Å². The monoisotopic (exact) mass is 284 g/mol. The molecule has 2 rings (SSSR count). The number of benzene rings is 1. The summed E-state index contributed by atoms with van der Waals surface area (Å²) in [7, 11) is -3.54. The minimum absolute atomic E-state index is 0.0195. The third-order valence-electron chi connectivity index (χ3n) is 3.40. The first kappa shape index (κ1) is 14.0. The van der Waals surface area contributed by atoms with Gasteiger partial charge in [-0.3, -0.25) is 10.1 Å². The number of nitrogens with zero attached hydrogens (tertiary/aromatic N) is 2. The number of rotatable bonds is 3. The number of hydrogen-bond acceptors (Lipinski definition) is 4. The second-order valence-electron chi connectivity index (χ2n) is 4.71. The lowest BCUT2D eigenvalue weighted by Crippen LogP contribution is -2.41. The van der Waals surface area contributed by atoms with Gasteiger partial charge in [-0.15, -0.1) is 0 Å². The Morgan fingerprint density at radius 3 is 2.42 bits per heavy atom. The summed E-state index contributed by atoms with van der Waals surface area (Å²) < 4.78 is 26.4. The van der Waals surface area contributed by atoms with Gasteiger partial charge in [0.1, 0.15) is 0 Å². The average molecular weight is 284 g/mol. The summed E-state index contributed by atoms with van der Waals surface area (Å²) in [6.07, 6.45) is 2.75. The van der Waals surface area contributed by atoms with Crippen LogP contribution in [-0.4, -0.2) is 30.2 Å². The van der Waals surface area contributed by atoms with Crippen LogP contribution >= 0.6 is 0 Å². The molecule has 0 unspecified atom stereocenters. The van der Waals surface area contributed by atoms with E-state index in [0.29, 0.717) is 6.54 Å². The molecule has 1 aliphatic rings. The number of nitro benzene ring substituents is 1. The largest absolute Gasteiger partial charge is 0.269 e. The molecular formula is C12H16N2O4S. The maximum absolute atomic E-state index is 12.4. The molecule has 0 aliphatic carbocycles. The quantitative estimate of drug-likeness (QED) is 0.629. The van der Waals surface area contributed by atoms with Crippen LogP contribution < -0.4 is 0 Å². The zero-order chi connectivity index (χ0) is 14.0. The number of piperidine rings is 1. The third kappa shape index (κ3) is 2.76. The summed E-state index contributed by atoms with van der Waals surface area (Å²) in [4.78, 5) is 10.1. The average Bonchev–Trinajstić information content (AvgIpc) is 2.39. The van der Waals surface area contributed by atoms with E-state index in [1.54, 1.807) is 0 Å². The molecule has 6 nitrogen and oxygen atoms in total. The van der Waals surface area contributed by atoms with Gasteiger partial charge in [0.15, 0.2) is 0 Å². The molecule has 1 aromatic rings. The second-order valence-corrected chi connectivity index (χ2v) is 6.60. The number of hydrogen-bond donors (Lipinski definition) is 0. The Bertz CT molecular complexity index is 568. The molecule has 1 aliphatic heterocycles. The molecule has 1 heterocycles. The van der Waals surface area contributed by atoms with Gasteiger partial charge in [0, 0.05) is 24.7 Å². The molecule has 104 valence electrons. The van der Waals surface area contributed by atoms with Crippen molar-refractivity contribution in [1.29, 1.82) is 0 Å². The maximum atomic E-state index is 12.4. The first-order valence-electron chi connectivity index (χ1n) is 6.19. The molecule has 1 saturated heterocycles. The summed E-state index contributed by atoms with van der Waals surface area (Å²) in [6.45, 7) is 2.41. The van der Waals surface area contributed by atoms with Crippen molar-refractivity contribution in [2.24, 2.45) is 0 Å². The summed E-state index contributed by atoms with van der Waals surface area (Å²) in [5.41, 5.74) is -0.106. The minimum Gasteiger partial charge on any atom is -0.258 e. The van der Waals surface area contributed by atoms with E-state index >= 15 is 0 Å². The molecule has 1 atom stereocenters. The van der Waals surface area contributed by atoms with Gasteiger partial charge in [-0.05, 0) is 31.9 Å². The molecule has 0 radical (unpaired) electrons. The van der Waals surface area contributed by atoms with Crippen LogP contribution in [0.15, 0.2) is 29.2 Å². The summed E-state index contributed by atoms with van der Waals surface area (Å²) in [5, 5.41) is 10.6. The van der Waals surface area contributed by atoms with Crippen molar-refractivity contribution in [3.63, 3.8) is 0 Å². The zero-order valence-electron chi connectivity index (χ0n) is 10.7.